The van der Waals surface area contributed by atoms with Gasteiger partial charge in [-0.15, -0.1) is 0 Å². The Morgan fingerprint density at radius 1 is 1.18 bits per heavy atom. The van der Waals surface area contributed by atoms with E-state index in [0.717, 1.165) is 44.2 Å². The van der Waals surface area contributed by atoms with Crippen molar-refractivity contribution in [2.75, 3.05) is 6.16 Å². The van der Waals surface area contributed by atoms with Crippen LogP contribution in [-0.4, -0.2) is 27.6 Å². The Kier molecular flexibility index (Phi) is 7.46. The smallest absolute Gasteiger partial charge is 0.416 e. The van der Waals surface area contributed by atoms with Crippen molar-refractivity contribution in [2.24, 2.45) is 11.8 Å². The van der Waals surface area contributed by atoms with E-state index in [2.05, 4.69) is 0 Å². The van der Waals surface area contributed by atoms with E-state index in [4.69, 9.17) is 5.41 Å². The van der Waals surface area contributed by atoms with Crippen LogP contribution >= 0.6 is 7.37 Å². The third kappa shape index (κ3) is 6.45. The number of aliphatic carboxylic acids is 1. The van der Waals surface area contributed by atoms with Crippen LogP contribution in [0.25, 0.3) is 0 Å². The van der Waals surface area contributed by atoms with Gasteiger partial charge < -0.3 is 10.00 Å². The van der Waals surface area contributed by atoms with E-state index in [0.29, 0.717) is 5.56 Å². The van der Waals surface area contributed by atoms with E-state index in [1.54, 1.807) is 0 Å². The topological polar surface area (TPSA) is 98.5 Å². The van der Waals surface area contributed by atoms with Crippen LogP contribution in [0.4, 0.5) is 13.2 Å². The van der Waals surface area contributed by atoms with Crippen LogP contribution in [-0.2, 0) is 22.0 Å². The predicted octanol–water partition coefficient (Wildman–Crippen LogP) is 5.17. The summed E-state index contributed by atoms with van der Waals surface area (Å²) in [5, 5.41) is 17.4. The Bertz CT molecular complexity index is 743. The molecule has 1 aliphatic carbocycles. The molecule has 0 amide bonds. The highest BCUT2D eigenvalue weighted by atomic mass is 31.2. The van der Waals surface area contributed by atoms with Gasteiger partial charge in [0.05, 0.1) is 16.9 Å². The maximum atomic E-state index is 12.6. The van der Waals surface area contributed by atoms with Gasteiger partial charge >= 0.3 is 12.1 Å². The quantitative estimate of drug-likeness (QED) is 0.400. The molecule has 28 heavy (non-hydrogen) atoms. The lowest BCUT2D eigenvalue weighted by Gasteiger charge is -2.24. The molecule has 5 nitrogen and oxygen atoms in total. The van der Waals surface area contributed by atoms with Crippen LogP contribution < -0.4 is 0 Å². The number of nitrogens with one attached hydrogen (secondary N) is 1. The van der Waals surface area contributed by atoms with Crippen LogP contribution in [0.2, 0.25) is 0 Å². The van der Waals surface area contributed by atoms with Gasteiger partial charge in [0.1, 0.15) is 0 Å². The van der Waals surface area contributed by atoms with E-state index >= 15 is 0 Å². The summed E-state index contributed by atoms with van der Waals surface area (Å²) in [4.78, 5) is 21.8. The molecule has 9 heteroatoms. The normalized spacial score (nSPS) is 19.0. The number of carboxylic acid groups (broad SMARTS) is 1. The minimum atomic E-state index is -4.49. The summed E-state index contributed by atoms with van der Waals surface area (Å²) in [6, 6.07) is 4.07. The van der Waals surface area contributed by atoms with Crippen molar-refractivity contribution in [1.29, 1.82) is 5.41 Å². The summed E-state index contributed by atoms with van der Waals surface area (Å²) in [5.41, 5.74) is -0.817. The Morgan fingerprint density at radius 3 is 2.25 bits per heavy atom. The van der Waals surface area contributed by atoms with Gasteiger partial charge in [0.2, 0.25) is 7.37 Å². The van der Waals surface area contributed by atoms with Gasteiger partial charge in [-0.25, -0.2) is 0 Å². The van der Waals surface area contributed by atoms with Crippen LogP contribution in [0.3, 0.4) is 0 Å². The van der Waals surface area contributed by atoms with E-state index < -0.39 is 37.2 Å². The molecule has 1 aromatic carbocycles. The van der Waals surface area contributed by atoms with E-state index in [-0.39, 0.29) is 24.2 Å². The number of hydrogen-bond acceptors (Lipinski definition) is 3. The minimum Gasteiger partial charge on any atom is -0.481 e. The van der Waals surface area contributed by atoms with Gasteiger partial charge in [0.25, 0.3) is 0 Å². The van der Waals surface area contributed by atoms with Crippen molar-refractivity contribution in [3.05, 3.63) is 35.4 Å². The number of carboxylic acids is 1. The zero-order valence-electron chi connectivity index (χ0n) is 15.4. The first-order valence-corrected chi connectivity index (χ1v) is 11.1. The van der Waals surface area contributed by atoms with Gasteiger partial charge in [-0.1, -0.05) is 44.2 Å². The minimum absolute atomic E-state index is 0.172. The molecule has 2 unspecified atom stereocenters. The lowest BCUT2D eigenvalue weighted by atomic mass is 9.87. The molecule has 3 N–H and O–H groups in total. The van der Waals surface area contributed by atoms with Crippen molar-refractivity contribution in [3.8, 4) is 0 Å². The molecule has 0 bridgehead atoms. The highest BCUT2D eigenvalue weighted by Gasteiger charge is 2.34. The number of benzene rings is 1. The van der Waals surface area contributed by atoms with Crippen molar-refractivity contribution in [2.45, 2.75) is 51.1 Å². The molecule has 156 valence electrons. The summed E-state index contributed by atoms with van der Waals surface area (Å²) in [6.45, 7) is 0. The molecule has 0 heterocycles. The molecule has 1 saturated carbocycles. The van der Waals surface area contributed by atoms with Crippen LogP contribution in [0.15, 0.2) is 24.3 Å². The van der Waals surface area contributed by atoms with Crippen molar-refractivity contribution in [1.82, 2.24) is 0 Å². The number of rotatable bonds is 8. The average Bonchev–Trinajstić information content (AvgIpc) is 2.61. The molecular formula is C19H25F3NO4P. The number of carbonyl (C=O) groups is 1. The lowest BCUT2D eigenvalue weighted by molar-refractivity contribution is -0.141. The summed E-state index contributed by atoms with van der Waals surface area (Å²) in [6.07, 6.45) is -0.0795. The molecule has 2 rings (SSSR count). The van der Waals surface area contributed by atoms with Crippen molar-refractivity contribution < 1.29 is 32.5 Å². The highest BCUT2D eigenvalue weighted by molar-refractivity contribution is 7.75. The van der Waals surface area contributed by atoms with Gasteiger partial charge in [0, 0.05) is 6.16 Å². The molecule has 0 aromatic heterocycles. The lowest BCUT2D eigenvalue weighted by Crippen LogP contribution is -2.23. The molecule has 0 saturated heterocycles. The SMILES string of the molecule is N=C(CC1CCCCC1)P(=O)(O)CC(Cc1ccc(C(F)(F)F)cc1)C(=O)O. The summed E-state index contributed by atoms with van der Waals surface area (Å²) < 4.78 is 50.5. The number of alkyl halides is 3. The van der Waals surface area contributed by atoms with Crippen molar-refractivity contribution in [3.63, 3.8) is 0 Å². The molecule has 0 aliphatic heterocycles. The summed E-state index contributed by atoms with van der Waals surface area (Å²) in [7, 11) is -4.11. The van der Waals surface area contributed by atoms with Gasteiger partial charge in [-0.05, 0) is 36.5 Å². The zero-order valence-corrected chi connectivity index (χ0v) is 16.3. The van der Waals surface area contributed by atoms with Crippen LogP contribution in [0.1, 0.15) is 49.7 Å². The van der Waals surface area contributed by atoms with Gasteiger partial charge in [-0.2, -0.15) is 13.2 Å². The number of hydrogen-bond donors (Lipinski definition) is 3. The third-order valence-electron chi connectivity index (χ3n) is 5.21. The Balaban J connectivity index is 2.03. The second-order valence-electron chi connectivity index (χ2n) is 7.47. The molecule has 0 radical (unpaired) electrons. The van der Waals surface area contributed by atoms with E-state index in [1.807, 2.05) is 0 Å². The fraction of sp³-hybridized carbons (Fsp3) is 0.579. The predicted molar refractivity (Wildman–Crippen MR) is 99.9 cm³/mol. The maximum Gasteiger partial charge on any atom is 0.416 e. The average molecular weight is 419 g/mol. The maximum absolute atomic E-state index is 12.6. The standard InChI is InChI=1S/C19H25F3NO4P/c20-19(21,22)16-8-6-14(7-9-16)10-15(18(24)25)12-28(26,27)17(23)11-13-4-2-1-3-5-13/h6-9,13,15,23H,1-5,10-12H2,(H,24,25)(H,26,27). The first-order valence-electron chi connectivity index (χ1n) is 9.28. The Labute approximate surface area is 161 Å². The van der Waals surface area contributed by atoms with Crippen molar-refractivity contribution >= 4 is 18.8 Å². The van der Waals surface area contributed by atoms with Gasteiger partial charge in [-0.3, -0.25) is 14.8 Å². The zero-order chi connectivity index (χ0) is 20.9. The third-order valence-corrected chi connectivity index (χ3v) is 7.17. The largest absolute Gasteiger partial charge is 0.481 e. The van der Waals surface area contributed by atoms with Crippen LogP contribution in [0.5, 0.6) is 0 Å². The monoisotopic (exact) mass is 419 g/mol. The first-order chi connectivity index (χ1) is 13.0. The summed E-state index contributed by atoms with van der Waals surface area (Å²) >= 11 is 0. The Morgan fingerprint density at radius 2 is 1.75 bits per heavy atom. The van der Waals surface area contributed by atoms with Crippen LogP contribution in [0, 0.1) is 17.2 Å². The molecule has 1 aliphatic rings. The molecule has 0 spiro atoms. The molecule has 2 atom stereocenters. The second-order valence-corrected chi connectivity index (χ2v) is 9.78. The number of halogens is 3. The van der Waals surface area contributed by atoms with Gasteiger partial charge in [0.15, 0.2) is 0 Å². The Hall–Kier alpha value is -1.66. The fourth-order valence-electron chi connectivity index (χ4n) is 3.56. The highest BCUT2D eigenvalue weighted by Crippen LogP contribution is 2.47. The second kappa shape index (κ2) is 9.23. The molecule has 1 aromatic rings. The molecule has 1 fully saturated rings. The first kappa shape index (κ1) is 22.6. The fourth-order valence-corrected chi connectivity index (χ4v) is 5.21. The van der Waals surface area contributed by atoms with E-state index in [1.165, 1.54) is 12.1 Å². The summed E-state index contributed by atoms with van der Waals surface area (Å²) in [5.74, 6) is -2.38. The van der Waals surface area contributed by atoms with E-state index in [9.17, 15) is 32.5 Å². The molecular weight excluding hydrogens is 394 g/mol.